The molecule has 0 radical (unpaired) electrons. The van der Waals surface area contributed by atoms with Crippen LogP contribution in [0.3, 0.4) is 0 Å². The minimum atomic E-state index is 0.0156. The van der Waals surface area contributed by atoms with Crippen molar-refractivity contribution in [1.29, 1.82) is 0 Å². The van der Waals surface area contributed by atoms with Gasteiger partial charge in [-0.25, -0.2) is 0 Å². The lowest BCUT2D eigenvalue weighted by molar-refractivity contribution is 0.0703. The van der Waals surface area contributed by atoms with Crippen molar-refractivity contribution in [3.63, 3.8) is 0 Å². The largest absolute Gasteiger partial charge is 0.454 e. The Balaban J connectivity index is 1.39. The molecular weight excluding hydrogens is 332 g/mol. The van der Waals surface area contributed by atoms with E-state index in [1.807, 2.05) is 33.7 Å². The molecule has 7 nitrogen and oxygen atoms in total. The van der Waals surface area contributed by atoms with E-state index in [1.54, 1.807) is 18.2 Å². The molecule has 0 bridgehead atoms. The number of carbonyl (C=O) groups is 1. The molecule has 4 heterocycles. The van der Waals surface area contributed by atoms with E-state index >= 15 is 0 Å². The van der Waals surface area contributed by atoms with Gasteiger partial charge in [0.25, 0.3) is 5.91 Å². The number of fused-ring (bicyclic) bond motifs is 2. The summed E-state index contributed by atoms with van der Waals surface area (Å²) < 4.78 is 12.7. The molecule has 1 aromatic carbocycles. The van der Waals surface area contributed by atoms with E-state index in [9.17, 15) is 4.79 Å². The molecule has 26 heavy (non-hydrogen) atoms. The second-order valence-corrected chi connectivity index (χ2v) is 6.65. The number of pyridine rings is 1. The second-order valence-electron chi connectivity index (χ2n) is 6.65. The molecule has 0 N–H and O–H groups in total. The van der Waals surface area contributed by atoms with Crippen molar-refractivity contribution in [2.75, 3.05) is 19.9 Å². The van der Waals surface area contributed by atoms with Gasteiger partial charge < -0.3 is 14.4 Å². The number of benzene rings is 1. The Hall–Kier alpha value is -3.09. The topological polar surface area (TPSA) is 69.0 Å². The molecule has 0 unspecified atom stereocenters. The molecule has 0 spiro atoms. The van der Waals surface area contributed by atoms with Gasteiger partial charge in [0.1, 0.15) is 5.82 Å². The van der Waals surface area contributed by atoms with E-state index in [1.165, 1.54) is 0 Å². The Morgan fingerprint density at radius 1 is 1.12 bits per heavy atom. The SMILES string of the molecule is O=C(c1ccc2c(c1)OCO2)N1CCC[C@H](c2nnc3ccccn23)C1. The number of ether oxygens (including phenoxy) is 2. The smallest absolute Gasteiger partial charge is 0.254 e. The molecule has 1 atom stereocenters. The van der Waals surface area contributed by atoms with Crippen LogP contribution in [0.4, 0.5) is 0 Å². The standard InChI is InChI=1S/C19H18N4O3/c24-19(13-6-7-15-16(10-13)26-12-25-15)22-8-3-4-14(11-22)18-21-20-17-5-1-2-9-23(17)18/h1-2,5-7,9-10,14H,3-4,8,11-12H2/t14-/m0/s1. The van der Waals surface area contributed by atoms with Crippen LogP contribution in [-0.2, 0) is 0 Å². The van der Waals surface area contributed by atoms with Crippen molar-refractivity contribution in [2.45, 2.75) is 18.8 Å². The highest BCUT2D eigenvalue weighted by molar-refractivity contribution is 5.95. The Labute approximate surface area is 150 Å². The van der Waals surface area contributed by atoms with E-state index in [-0.39, 0.29) is 18.6 Å². The maximum absolute atomic E-state index is 13.0. The average Bonchev–Trinajstić information content (AvgIpc) is 3.33. The zero-order chi connectivity index (χ0) is 17.5. The lowest BCUT2D eigenvalue weighted by atomic mass is 9.96. The highest BCUT2D eigenvalue weighted by atomic mass is 16.7. The number of hydrogen-bond donors (Lipinski definition) is 0. The number of amides is 1. The highest BCUT2D eigenvalue weighted by Crippen LogP contribution is 2.33. The number of carbonyl (C=O) groups excluding carboxylic acids is 1. The maximum Gasteiger partial charge on any atom is 0.254 e. The van der Waals surface area contributed by atoms with Gasteiger partial charge in [0, 0.05) is 30.8 Å². The molecule has 7 heteroatoms. The molecule has 2 aliphatic heterocycles. The van der Waals surface area contributed by atoms with Crippen molar-refractivity contribution in [2.24, 2.45) is 0 Å². The number of likely N-dealkylation sites (tertiary alicyclic amines) is 1. The average molecular weight is 350 g/mol. The minimum absolute atomic E-state index is 0.0156. The first-order valence-corrected chi connectivity index (χ1v) is 8.78. The molecule has 0 saturated carbocycles. The number of nitrogens with zero attached hydrogens (tertiary/aromatic N) is 4. The van der Waals surface area contributed by atoms with E-state index in [0.717, 1.165) is 30.9 Å². The molecule has 3 aromatic rings. The predicted octanol–water partition coefficient (Wildman–Crippen LogP) is 2.48. The molecule has 5 rings (SSSR count). The van der Waals surface area contributed by atoms with Gasteiger partial charge in [-0.05, 0) is 43.2 Å². The number of piperidine rings is 1. The van der Waals surface area contributed by atoms with Crippen LogP contribution in [0.2, 0.25) is 0 Å². The van der Waals surface area contributed by atoms with Gasteiger partial charge in [-0.2, -0.15) is 0 Å². The quantitative estimate of drug-likeness (QED) is 0.710. The molecular formula is C19H18N4O3. The van der Waals surface area contributed by atoms with Gasteiger partial charge in [-0.1, -0.05) is 6.07 Å². The highest BCUT2D eigenvalue weighted by Gasteiger charge is 2.29. The molecule has 1 amide bonds. The fraction of sp³-hybridized carbons (Fsp3) is 0.316. The molecule has 2 aliphatic rings. The summed E-state index contributed by atoms with van der Waals surface area (Å²) in [6.45, 7) is 1.60. The van der Waals surface area contributed by atoms with Crippen molar-refractivity contribution in [3.05, 3.63) is 54.0 Å². The van der Waals surface area contributed by atoms with Crippen molar-refractivity contribution in [1.82, 2.24) is 19.5 Å². The second kappa shape index (κ2) is 6.01. The summed E-state index contributed by atoms with van der Waals surface area (Å²) in [5.41, 5.74) is 1.46. The van der Waals surface area contributed by atoms with Crippen LogP contribution in [0.5, 0.6) is 11.5 Å². The lowest BCUT2D eigenvalue weighted by Crippen LogP contribution is -2.39. The predicted molar refractivity (Wildman–Crippen MR) is 93.4 cm³/mol. The van der Waals surface area contributed by atoms with Crippen molar-refractivity contribution in [3.8, 4) is 11.5 Å². The summed E-state index contributed by atoms with van der Waals surface area (Å²) in [5.74, 6) is 2.44. The Kier molecular flexibility index (Phi) is 3.51. The maximum atomic E-state index is 13.0. The fourth-order valence-electron chi connectivity index (χ4n) is 3.72. The zero-order valence-electron chi connectivity index (χ0n) is 14.2. The number of aromatic nitrogens is 3. The Morgan fingerprint density at radius 2 is 2.04 bits per heavy atom. The third-order valence-corrected chi connectivity index (χ3v) is 5.03. The molecule has 2 aromatic heterocycles. The van der Waals surface area contributed by atoms with Crippen LogP contribution in [-0.4, -0.2) is 45.3 Å². The molecule has 132 valence electrons. The molecule has 1 fully saturated rings. The lowest BCUT2D eigenvalue weighted by Gasteiger charge is -2.32. The summed E-state index contributed by atoms with van der Waals surface area (Å²) in [6.07, 6.45) is 3.92. The van der Waals surface area contributed by atoms with Crippen LogP contribution in [0.15, 0.2) is 42.6 Å². The van der Waals surface area contributed by atoms with Gasteiger partial charge in [-0.3, -0.25) is 9.20 Å². The van der Waals surface area contributed by atoms with Crippen molar-refractivity contribution < 1.29 is 14.3 Å². The fourth-order valence-corrected chi connectivity index (χ4v) is 3.72. The van der Waals surface area contributed by atoms with E-state index in [0.29, 0.717) is 23.6 Å². The van der Waals surface area contributed by atoms with E-state index in [2.05, 4.69) is 10.2 Å². The van der Waals surface area contributed by atoms with Crippen LogP contribution >= 0.6 is 0 Å². The molecule has 1 saturated heterocycles. The third-order valence-electron chi connectivity index (χ3n) is 5.03. The van der Waals surface area contributed by atoms with Crippen LogP contribution in [0.25, 0.3) is 5.65 Å². The first-order chi connectivity index (χ1) is 12.8. The van der Waals surface area contributed by atoms with Gasteiger partial charge in [-0.15, -0.1) is 10.2 Å². The summed E-state index contributed by atoms with van der Waals surface area (Å²) >= 11 is 0. The Bertz CT molecular complexity index is 984. The monoisotopic (exact) mass is 350 g/mol. The summed E-state index contributed by atoms with van der Waals surface area (Å²) in [4.78, 5) is 14.9. The zero-order valence-corrected chi connectivity index (χ0v) is 14.2. The summed E-state index contributed by atoms with van der Waals surface area (Å²) in [7, 11) is 0. The van der Waals surface area contributed by atoms with Gasteiger partial charge in [0.05, 0.1) is 0 Å². The van der Waals surface area contributed by atoms with Crippen LogP contribution in [0, 0.1) is 0 Å². The first kappa shape index (κ1) is 15.2. The Morgan fingerprint density at radius 3 is 3.00 bits per heavy atom. The number of rotatable bonds is 2. The third kappa shape index (κ3) is 2.47. The van der Waals surface area contributed by atoms with Crippen LogP contribution < -0.4 is 9.47 Å². The molecule has 0 aliphatic carbocycles. The van der Waals surface area contributed by atoms with Crippen molar-refractivity contribution >= 4 is 11.6 Å². The normalized spacial score (nSPS) is 19.1. The van der Waals surface area contributed by atoms with Gasteiger partial charge in [0.15, 0.2) is 17.1 Å². The summed E-state index contributed by atoms with van der Waals surface area (Å²) in [6, 6.07) is 11.2. The van der Waals surface area contributed by atoms with E-state index in [4.69, 9.17) is 9.47 Å². The van der Waals surface area contributed by atoms with E-state index < -0.39 is 0 Å². The number of hydrogen-bond acceptors (Lipinski definition) is 5. The first-order valence-electron chi connectivity index (χ1n) is 8.78. The van der Waals surface area contributed by atoms with Gasteiger partial charge in [0.2, 0.25) is 6.79 Å². The summed E-state index contributed by atoms with van der Waals surface area (Å²) in [5, 5.41) is 8.61. The minimum Gasteiger partial charge on any atom is -0.454 e. The van der Waals surface area contributed by atoms with Crippen LogP contribution in [0.1, 0.15) is 34.9 Å². The van der Waals surface area contributed by atoms with Gasteiger partial charge >= 0.3 is 0 Å².